The summed E-state index contributed by atoms with van der Waals surface area (Å²) in [6, 6.07) is 4.14. The molecular weight excluding hydrogens is 358 g/mol. The first-order valence-electron chi connectivity index (χ1n) is 9.16. The molecule has 1 amide bonds. The molecule has 0 aliphatic carbocycles. The zero-order chi connectivity index (χ0) is 17.8. The van der Waals surface area contributed by atoms with E-state index in [9.17, 15) is 9.90 Å². The summed E-state index contributed by atoms with van der Waals surface area (Å²) in [7, 11) is 2.17. The van der Waals surface area contributed by atoms with Gasteiger partial charge in [0.05, 0.1) is 9.21 Å². The predicted octanol–water partition coefficient (Wildman–Crippen LogP) is 2.25. The van der Waals surface area contributed by atoms with Gasteiger partial charge < -0.3 is 14.9 Å². The molecule has 1 aromatic heterocycles. The number of amides is 1. The Labute approximate surface area is 159 Å². The van der Waals surface area contributed by atoms with Crippen LogP contribution in [0, 0.1) is 5.92 Å². The van der Waals surface area contributed by atoms with Crippen molar-refractivity contribution in [2.75, 3.05) is 52.9 Å². The summed E-state index contributed by atoms with van der Waals surface area (Å²) in [6.07, 6.45) is 2.80. The SMILES string of the molecule is CN1CCN([C@H]2CCN(C(=O)c3ccc(Cl)s3)C[C@H]2CCCO)CC1. The molecule has 0 aromatic carbocycles. The van der Waals surface area contributed by atoms with Gasteiger partial charge in [0.15, 0.2) is 0 Å². The lowest BCUT2D eigenvalue weighted by Gasteiger charge is -2.46. The van der Waals surface area contributed by atoms with Gasteiger partial charge >= 0.3 is 0 Å². The zero-order valence-corrected chi connectivity index (χ0v) is 16.4. The maximum absolute atomic E-state index is 12.8. The topological polar surface area (TPSA) is 47.0 Å². The molecule has 2 aliphatic heterocycles. The van der Waals surface area contributed by atoms with Crippen molar-refractivity contribution in [3.8, 4) is 0 Å². The molecule has 0 spiro atoms. The molecule has 2 fully saturated rings. The fraction of sp³-hybridized carbons (Fsp3) is 0.722. The molecule has 5 nitrogen and oxygen atoms in total. The van der Waals surface area contributed by atoms with Crippen LogP contribution in [0.1, 0.15) is 28.9 Å². The molecule has 1 N–H and O–H groups in total. The molecule has 3 heterocycles. The molecule has 2 aliphatic rings. The first-order valence-corrected chi connectivity index (χ1v) is 10.4. The van der Waals surface area contributed by atoms with Crippen molar-refractivity contribution in [1.82, 2.24) is 14.7 Å². The summed E-state index contributed by atoms with van der Waals surface area (Å²) in [5.41, 5.74) is 0. The highest BCUT2D eigenvalue weighted by atomic mass is 35.5. The first kappa shape index (κ1) is 19.1. The number of nitrogens with zero attached hydrogens (tertiary/aromatic N) is 3. The molecule has 0 radical (unpaired) electrons. The van der Waals surface area contributed by atoms with Crippen molar-refractivity contribution in [2.24, 2.45) is 5.92 Å². The molecule has 0 bridgehead atoms. The summed E-state index contributed by atoms with van der Waals surface area (Å²) in [4.78, 5) is 20.5. The largest absolute Gasteiger partial charge is 0.396 e. The number of halogens is 1. The van der Waals surface area contributed by atoms with Crippen LogP contribution < -0.4 is 0 Å². The molecule has 2 atom stereocenters. The minimum absolute atomic E-state index is 0.0997. The summed E-state index contributed by atoms with van der Waals surface area (Å²) in [5, 5.41) is 9.27. The van der Waals surface area contributed by atoms with Crippen LogP contribution >= 0.6 is 22.9 Å². The highest BCUT2D eigenvalue weighted by molar-refractivity contribution is 7.17. The lowest BCUT2D eigenvalue weighted by atomic mass is 9.86. The minimum atomic E-state index is 0.0997. The van der Waals surface area contributed by atoms with E-state index in [0.29, 0.717) is 16.3 Å². The van der Waals surface area contributed by atoms with Gasteiger partial charge in [0.2, 0.25) is 0 Å². The quantitative estimate of drug-likeness (QED) is 0.844. The van der Waals surface area contributed by atoms with Gasteiger partial charge in [-0.25, -0.2) is 0 Å². The fourth-order valence-electron chi connectivity index (χ4n) is 4.06. The number of likely N-dealkylation sites (N-methyl/N-ethyl adjacent to an activating group) is 1. The van der Waals surface area contributed by atoms with Crippen LogP contribution in [0.5, 0.6) is 0 Å². The van der Waals surface area contributed by atoms with Crippen molar-refractivity contribution < 1.29 is 9.90 Å². The number of aliphatic hydroxyl groups is 1. The van der Waals surface area contributed by atoms with E-state index in [1.165, 1.54) is 11.3 Å². The Morgan fingerprint density at radius 3 is 2.68 bits per heavy atom. The third kappa shape index (κ3) is 4.74. The summed E-state index contributed by atoms with van der Waals surface area (Å²) >= 11 is 7.34. The molecule has 3 rings (SSSR count). The van der Waals surface area contributed by atoms with Crippen molar-refractivity contribution >= 4 is 28.8 Å². The number of hydrogen-bond acceptors (Lipinski definition) is 5. The molecule has 7 heteroatoms. The highest BCUT2D eigenvalue weighted by Crippen LogP contribution is 2.29. The smallest absolute Gasteiger partial charge is 0.263 e. The third-order valence-electron chi connectivity index (χ3n) is 5.50. The number of aliphatic hydroxyl groups excluding tert-OH is 1. The molecular formula is C18H28ClN3O2S. The third-order valence-corrected chi connectivity index (χ3v) is 6.72. The number of carbonyl (C=O) groups excluding carboxylic acids is 1. The molecule has 25 heavy (non-hydrogen) atoms. The summed E-state index contributed by atoms with van der Waals surface area (Å²) in [6.45, 7) is 6.24. The summed E-state index contributed by atoms with van der Waals surface area (Å²) < 4.78 is 0.660. The van der Waals surface area contributed by atoms with Gasteiger partial charge in [-0.1, -0.05) is 11.6 Å². The molecule has 2 saturated heterocycles. The molecule has 0 saturated carbocycles. The Morgan fingerprint density at radius 2 is 2.04 bits per heavy atom. The van der Waals surface area contributed by atoms with E-state index in [0.717, 1.165) is 63.4 Å². The minimum Gasteiger partial charge on any atom is -0.396 e. The number of likely N-dealkylation sites (tertiary alicyclic amines) is 1. The van der Waals surface area contributed by atoms with Crippen LogP contribution in [0.4, 0.5) is 0 Å². The van der Waals surface area contributed by atoms with Gasteiger partial charge in [-0.2, -0.15) is 0 Å². The average Bonchev–Trinajstić information content (AvgIpc) is 3.06. The van der Waals surface area contributed by atoms with E-state index < -0.39 is 0 Å². The lowest BCUT2D eigenvalue weighted by molar-refractivity contribution is 0.0220. The Hall–Kier alpha value is -0.660. The number of hydrogen-bond donors (Lipinski definition) is 1. The first-order chi connectivity index (χ1) is 12.1. The molecule has 1 aromatic rings. The van der Waals surface area contributed by atoms with Crippen molar-refractivity contribution in [2.45, 2.75) is 25.3 Å². The van der Waals surface area contributed by atoms with E-state index in [-0.39, 0.29) is 12.5 Å². The van der Waals surface area contributed by atoms with Crippen LogP contribution in [-0.4, -0.2) is 84.7 Å². The lowest BCUT2D eigenvalue weighted by Crippen LogP contribution is -2.56. The van der Waals surface area contributed by atoms with Crippen LogP contribution in [0.3, 0.4) is 0 Å². The van der Waals surface area contributed by atoms with Gasteiger partial charge in [-0.15, -0.1) is 11.3 Å². The maximum atomic E-state index is 12.8. The summed E-state index contributed by atoms with van der Waals surface area (Å²) in [5.74, 6) is 0.534. The number of rotatable bonds is 5. The Bertz CT molecular complexity index is 574. The van der Waals surface area contributed by atoms with E-state index in [1.54, 1.807) is 6.07 Å². The number of piperazine rings is 1. The van der Waals surface area contributed by atoms with Crippen LogP contribution in [-0.2, 0) is 0 Å². The number of piperidine rings is 1. The maximum Gasteiger partial charge on any atom is 0.263 e. The number of thiophene rings is 1. The normalized spacial score (nSPS) is 26.1. The van der Waals surface area contributed by atoms with Gasteiger partial charge in [-0.05, 0) is 44.4 Å². The van der Waals surface area contributed by atoms with Crippen molar-refractivity contribution in [1.29, 1.82) is 0 Å². The second-order valence-electron chi connectivity index (χ2n) is 7.18. The van der Waals surface area contributed by atoms with Crippen molar-refractivity contribution in [3.63, 3.8) is 0 Å². The fourth-order valence-corrected chi connectivity index (χ4v) is 5.07. The van der Waals surface area contributed by atoms with Crippen LogP contribution in [0.2, 0.25) is 4.34 Å². The van der Waals surface area contributed by atoms with E-state index in [1.807, 2.05) is 11.0 Å². The zero-order valence-electron chi connectivity index (χ0n) is 14.9. The second kappa shape index (κ2) is 8.82. The number of carbonyl (C=O) groups is 1. The Balaban J connectivity index is 1.66. The van der Waals surface area contributed by atoms with E-state index in [2.05, 4.69) is 16.8 Å². The van der Waals surface area contributed by atoms with E-state index >= 15 is 0 Å². The van der Waals surface area contributed by atoms with Crippen LogP contribution in [0.25, 0.3) is 0 Å². The second-order valence-corrected chi connectivity index (χ2v) is 8.89. The Kier molecular flexibility index (Phi) is 6.74. The predicted molar refractivity (Wildman–Crippen MR) is 103 cm³/mol. The van der Waals surface area contributed by atoms with Crippen LogP contribution in [0.15, 0.2) is 12.1 Å². The van der Waals surface area contributed by atoms with Gasteiger partial charge in [-0.3, -0.25) is 9.69 Å². The van der Waals surface area contributed by atoms with E-state index in [4.69, 9.17) is 11.6 Å². The van der Waals surface area contributed by atoms with Gasteiger partial charge in [0, 0.05) is 51.9 Å². The molecule has 0 unspecified atom stereocenters. The monoisotopic (exact) mass is 385 g/mol. The van der Waals surface area contributed by atoms with Gasteiger partial charge in [0.1, 0.15) is 0 Å². The highest BCUT2D eigenvalue weighted by Gasteiger charge is 2.35. The standard InChI is InChI=1S/C18H28ClN3O2S/c1-20-8-10-21(11-9-20)15-6-7-22(13-14(15)3-2-12-23)18(24)16-4-5-17(19)25-16/h4-5,14-15,23H,2-3,6-13H2,1H3/t14-,15+/m1/s1. The average molecular weight is 386 g/mol. The Morgan fingerprint density at radius 1 is 1.28 bits per heavy atom. The van der Waals surface area contributed by atoms with Gasteiger partial charge in [0.25, 0.3) is 5.91 Å². The van der Waals surface area contributed by atoms with Crippen molar-refractivity contribution in [3.05, 3.63) is 21.3 Å². The molecule has 140 valence electrons.